The van der Waals surface area contributed by atoms with Gasteiger partial charge in [0.2, 0.25) is 0 Å². The van der Waals surface area contributed by atoms with E-state index in [-0.39, 0.29) is 0 Å². The molecule has 2 heteroatoms. The van der Waals surface area contributed by atoms with Crippen LogP contribution in [0.15, 0.2) is 55.1 Å². The molecule has 0 bridgehead atoms. The van der Waals surface area contributed by atoms with Gasteiger partial charge in [0.15, 0.2) is 0 Å². The minimum atomic E-state index is -0.669. The molecule has 1 aliphatic heterocycles. The van der Waals surface area contributed by atoms with Gasteiger partial charge in [-0.15, -0.1) is 6.58 Å². The maximum Gasteiger partial charge on any atom is 0.126 e. The molecule has 0 aromatic heterocycles. The molecule has 84 valence electrons. The van der Waals surface area contributed by atoms with Crippen molar-refractivity contribution >= 4 is 0 Å². The molecule has 0 amide bonds. The lowest BCUT2D eigenvalue weighted by atomic mass is 9.83. The zero-order valence-electron chi connectivity index (χ0n) is 9.17. The van der Waals surface area contributed by atoms with E-state index in [0.717, 1.165) is 5.56 Å². The van der Waals surface area contributed by atoms with Crippen molar-refractivity contribution in [3.8, 4) is 0 Å². The largest absolute Gasteiger partial charge is 0.386 e. The summed E-state index contributed by atoms with van der Waals surface area (Å²) in [6.07, 6.45) is 5.40. The second-order valence-corrected chi connectivity index (χ2v) is 3.93. The predicted molar refractivity (Wildman–Crippen MR) is 64.0 cm³/mol. The van der Waals surface area contributed by atoms with Gasteiger partial charge in [-0.2, -0.15) is 0 Å². The van der Waals surface area contributed by atoms with E-state index < -0.39 is 11.7 Å². The minimum Gasteiger partial charge on any atom is -0.386 e. The predicted octanol–water partition coefficient (Wildman–Crippen LogP) is 2.41. The van der Waals surface area contributed by atoms with Crippen molar-refractivity contribution in [3.63, 3.8) is 0 Å². The number of ether oxygens (including phenoxy) is 1. The normalized spacial score (nSPS) is 28.9. The summed E-state index contributed by atoms with van der Waals surface area (Å²) in [5.74, 6) is 0. The summed E-state index contributed by atoms with van der Waals surface area (Å²) >= 11 is 0. The van der Waals surface area contributed by atoms with Crippen LogP contribution in [0.1, 0.15) is 12.0 Å². The first kappa shape index (κ1) is 11.1. The third-order valence-corrected chi connectivity index (χ3v) is 2.94. The van der Waals surface area contributed by atoms with Crippen molar-refractivity contribution < 1.29 is 9.84 Å². The Morgan fingerprint density at radius 2 is 2.19 bits per heavy atom. The van der Waals surface area contributed by atoms with Gasteiger partial charge in [-0.3, -0.25) is 0 Å². The number of hydrogen-bond donors (Lipinski definition) is 1. The average Bonchev–Trinajstić information content (AvgIpc) is 2.34. The fraction of sp³-hybridized carbons (Fsp3) is 0.286. The smallest absolute Gasteiger partial charge is 0.126 e. The molecule has 0 unspecified atom stereocenters. The first-order valence-corrected chi connectivity index (χ1v) is 5.45. The van der Waals surface area contributed by atoms with Gasteiger partial charge >= 0.3 is 0 Å². The quantitative estimate of drug-likeness (QED) is 0.786. The van der Waals surface area contributed by atoms with Gasteiger partial charge in [-0.05, 0) is 5.56 Å². The fourth-order valence-corrected chi connectivity index (χ4v) is 2.11. The maximum absolute atomic E-state index is 10.1. The van der Waals surface area contributed by atoms with E-state index in [1.165, 1.54) is 0 Å². The van der Waals surface area contributed by atoms with E-state index in [0.29, 0.717) is 13.0 Å². The molecular formula is C14H16O2. The van der Waals surface area contributed by atoms with Gasteiger partial charge in [-0.1, -0.05) is 48.6 Å². The molecule has 1 aliphatic rings. The van der Waals surface area contributed by atoms with Gasteiger partial charge in [0.25, 0.3) is 0 Å². The van der Waals surface area contributed by atoms with E-state index in [1.807, 2.05) is 36.4 Å². The van der Waals surface area contributed by atoms with Crippen LogP contribution < -0.4 is 0 Å². The molecule has 0 saturated heterocycles. The lowest BCUT2D eigenvalue weighted by Gasteiger charge is -2.38. The van der Waals surface area contributed by atoms with Crippen LogP contribution in [0.3, 0.4) is 0 Å². The highest BCUT2D eigenvalue weighted by molar-refractivity contribution is 5.28. The summed E-state index contributed by atoms with van der Waals surface area (Å²) in [7, 11) is 0. The van der Waals surface area contributed by atoms with E-state index in [1.54, 1.807) is 12.2 Å². The minimum absolute atomic E-state index is 0.528. The van der Waals surface area contributed by atoms with Crippen LogP contribution in [0.2, 0.25) is 0 Å². The Morgan fingerprint density at radius 1 is 1.44 bits per heavy atom. The van der Waals surface area contributed by atoms with Gasteiger partial charge < -0.3 is 9.84 Å². The van der Waals surface area contributed by atoms with Gasteiger partial charge in [-0.25, -0.2) is 0 Å². The fourth-order valence-electron chi connectivity index (χ4n) is 2.11. The van der Waals surface area contributed by atoms with Crippen LogP contribution >= 0.6 is 0 Å². The Morgan fingerprint density at radius 3 is 2.81 bits per heavy atom. The molecule has 16 heavy (non-hydrogen) atoms. The van der Waals surface area contributed by atoms with E-state index in [4.69, 9.17) is 4.74 Å². The Hall–Kier alpha value is -1.38. The van der Waals surface area contributed by atoms with E-state index >= 15 is 0 Å². The van der Waals surface area contributed by atoms with Gasteiger partial charge in [0.1, 0.15) is 11.7 Å². The number of hydrogen-bond acceptors (Lipinski definition) is 2. The summed E-state index contributed by atoms with van der Waals surface area (Å²) in [6, 6.07) is 9.82. The lowest BCUT2D eigenvalue weighted by Crippen LogP contribution is -2.43. The van der Waals surface area contributed by atoms with E-state index in [9.17, 15) is 5.11 Å². The molecule has 1 heterocycles. The summed E-state index contributed by atoms with van der Waals surface area (Å²) < 4.78 is 5.80. The molecule has 1 aromatic rings. The Kier molecular flexibility index (Phi) is 3.22. The molecule has 0 radical (unpaired) electrons. The highest BCUT2D eigenvalue weighted by Gasteiger charge is 2.39. The lowest BCUT2D eigenvalue weighted by molar-refractivity contribution is -0.111. The standard InChI is InChI=1S/C14H16O2/c1-2-10-14(12-7-4-3-5-8-12)13(15)9-6-11-16-14/h2-9,13,15H,1,10-11H2/t13-,14+/m1/s1. The molecule has 1 N–H and O–H groups in total. The first-order valence-electron chi connectivity index (χ1n) is 5.45. The van der Waals surface area contributed by atoms with Crippen molar-refractivity contribution in [1.82, 2.24) is 0 Å². The summed E-state index contributed by atoms with van der Waals surface area (Å²) in [5.41, 5.74) is 0.323. The Bertz CT molecular complexity index is 383. The van der Waals surface area contributed by atoms with Crippen molar-refractivity contribution in [3.05, 3.63) is 60.7 Å². The zero-order chi connectivity index (χ0) is 11.4. The molecule has 0 aliphatic carbocycles. The van der Waals surface area contributed by atoms with Crippen LogP contribution in [-0.4, -0.2) is 17.8 Å². The van der Waals surface area contributed by atoms with Crippen LogP contribution in [0, 0.1) is 0 Å². The second kappa shape index (κ2) is 4.64. The third-order valence-electron chi connectivity index (χ3n) is 2.94. The molecule has 0 saturated carbocycles. The topological polar surface area (TPSA) is 29.5 Å². The first-order chi connectivity index (χ1) is 7.79. The molecule has 0 spiro atoms. The van der Waals surface area contributed by atoms with Crippen molar-refractivity contribution in [2.75, 3.05) is 6.61 Å². The maximum atomic E-state index is 10.1. The summed E-state index contributed by atoms with van der Waals surface area (Å²) in [5, 5.41) is 10.1. The third kappa shape index (κ3) is 1.82. The highest BCUT2D eigenvalue weighted by atomic mass is 16.5. The zero-order valence-corrected chi connectivity index (χ0v) is 9.17. The monoisotopic (exact) mass is 216 g/mol. The molecule has 2 nitrogen and oxygen atoms in total. The number of aliphatic hydroxyl groups excluding tert-OH is 1. The van der Waals surface area contributed by atoms with Gasteiger partial charge in [0, 0.05) is 6.42 Å². The van der Waals surface area contributed by atoms with E-state index in [2.05, 4.69) is 6.58 Å². The molecule has 0 fully saturated rings. The number of rotatable bonds is 3. The van der Waals surface area contributed by atoms with Crippen LogP contribution in [0.4, 0.5) is 0 Å². The number of aliphatic hydroxyl groups is 1. The Balaban J connectivity index is 2.43. The van der Waals surface area contributed by atoms with Crippen LogP contribution in [0.25, 0.3) is 0 Å². The molecular weight excluding hydrogens is 200 g/mol. The van der Waals surface area contributed by atoms with Crippen LogP contribution in [-0.2, 0) is 10.3 Å². The second-order valence-electron chi connectivity index (χ2n) is 3.93. The van der Waals surface area contributed by atoms with Crippen molar-refractivity contribution in [2.45, 2.75) is 18.1 Å². The van der Waals surface area contributed by atoms with Gasteiger partial charge in [0.05, 0.1) is 6.61 Å². The molecule has 2 rings (SSSR count). The molecule has 1 aromatic carbocycles. The Labute approximate surface area is 95.9 Å². The molecule has 2 atom stereocenters. The van der Waals surface area contributed by atoms with Crippen LogP contribution in [0.5, 0.6) is 0 Å². The summed E-state index contributed by atoms with van der Waals surface area (Å²) in [6.45, 7) is 4.27. The number of benzene rings is 1. The van der Waals surface area contributed by atoms with Crippen molar-refractivity contribution in [2.24, 2.45) is 0 Å². The summed E-state index contributed by atoms with van der Waals surface area (Å²) in [4.78, 5) is 0. The van der Waals surface area contributed by atoms with Crippen molar-refractivity contribution in [1.29, 1.82) is 0 Å². The average molecular weight is 216 g/mol. The highest BCUT2D eigenvalue weighted by Crippen LogP contribution is 2.36. The SMILES string of the molecule is C=CC[C@@]1(c2ccccc2)OCC=C[C@H]1O.